The van der Waals surface area contributed by atoms with Gasteiger partial charge in [0.1, 0.15) is 6.10 Å². The van der Waals surface area contributed by atoms with Crippen LogP contribution >= 0.6 is 0 Å². The molecule has 5 heteroatoms. The van der Waals surface area contributed by atoms with Crippen molar-refractivity contribution >= 4 is 17.7 Å². The Morgan fingerprint density at radius 1 is 1.24 bits per heavy atom. The highest BCUT2D eigenvalue weighted by Gasteiger charge is 2.64. The van der Waals surface area contributed by atoms with E-state index in [0.29, 0.717) is 12.0 Å². The zero-order valence-electron chi connectivity index (χ0n) is 14.2. The summed E-state index contributed by atoms with van der Waals surface area (Å²) in [6, 6.07) is 8.89. The minimum Gasteiger partial charge on any atom is -0.462 e. The lowest BCUT2D eigenvalue weighted by atomic mass is 9.80. The molecule has 1 saturated heterocycles. The van der Waals surface area contributed by atoms with E-state index in [2.05, 4.69) is 0 Å². The Bertz CT molecular complexity index is 695. The Morgan fingerprint density at radius 3 is 2.72 bits per heavy atom. The maximum atomic E-state index is 12.8. The van der Waals surface area contributed by atoms with Crippen molar-refractivity contribution in [1.82, 2.24) is 0 Å². The van der Waals surface area contributed by atoms with Gasteiger partial charge in [-0.05, 0) is 25.2 Å². The van der Waals surface area contributed by atoms with E-state index in [0.717, 1.165) is 19.3 Å². The van der Waals surface area contributed by atoms with E-state index in [1.165, 1.54) is 0 Å². The zero-order valence-corrected chi connectivity index (χ0v) is 14.2. The third-order valence-electron chi connectivity index (χ3n) is 5.92. The van der Waals surface area contributed by atoms with Crippen LogP contribution < -0.4 is 0 Å². The number of benzene rings is 1. The summed E-state index contributed by atoms with van der Waals surface area (Å²) in [5, 5.41) is 0. The third-order valence-corrected chi connectivity index (χ3v) is 5.92. The summed E-state index contributed by atoms with van der Waals surface area (Å²) in [5.41, 5.74) is 0.544. The second kappa shape index (κ2) is 6.28. The lowest BCUT2D eigenvalue weighted by Crippen LogP contribution is -2.37. The van der Waals surface area contributed by atoms with Crippen LogP contribution in [0.3, 0.4) is 0 Å². The number of carbonyl (C=O) groups excluding carboxylic acids is 3. The highest BCUT2D eigenvalue weighted by atomic mass is 16.6. The number of hydrogen-bond acceptors (Lipinski definition) is 5. The van der Waals surface area contributed by atoms with Crippen molar-refractivity contribution in [2.45, 2.75) is 44.8 Å². The molecule has 3 aliphatic rings. The van der Waals surface area contributed by atoms with Crippen molar-refractivity contribution in [2.24, 2.45) is 23.7 Å². The van der Waals surface area contributed by atoms with Crippen LogP contribution in [0.2, 0.25) is 0 Å². The number of ether oxygens (including phenoxy) is 2. The molecule has 2 aliphatic carbocycles. The SMILES string of the molecule is CCC[C@H](OC(=O)[C@@H]1[C@@H]2C[C@@H]3[C@H]1C(=O)O[C@H]3C2)C(=O)c1ccccc1. The molecule has 6 atom stereocenters. The fourth-order valence-electron chi connectivity index (χ4n) is 4.84. The molecule has 1 aromatic rings. The molecule has 0 N–H and O–H groups in total. The highest BCUT2D eigenvalue weighted by Crippen LogP contribution is 2.58. The lowest BCUT2D eigenvalue weighted by molar-refractivity contribution is -0.158. The number of carbonyl (C=O) groups is 3. The molecule has 0 spiro atoms. The van der Waals surface area contributed by atoms with Gasteiger partial charge in [0.15, 0.2) is 6.10 Å². The number of Topliss-reactive ketones (excluding diaryl/α,β-unsaturated/α-hetero) is 1. The maximum Gasteiger partial charge on any atom is 0.310 e. The number of rotatable bonds is 6. The predicted octanol–water partition coefficient (Wildman–Crippen LogP) is 2.78. The first-order chi connectivity index (χ1) is 12.1. The van der Waals surface area contributed by atoms with E-state index in [4.69, 9.17) is 9.47 Å². The monoisotopic (exact) mass is 342 g/mol. The predicted molar refractivity (Wildman–Crippen MR) is 88.6 cm³/mol. The minimum absolute atomic E-state index is 0.0102. The van der Waals surface area contributed by atoms with Crippen molar-refractivity contribution < 1.29 is 23.9 Å². The molecule has 132 valence electrons. The van der Waals surface area contributed by atoms with Crippen LogP contribution in [0.5, 0.6) is 0 Å². The first-order valence-electron chi connectivity index (χ1n) is 9.10. The average Bonchev–Trinajstić information content (AvgIpc) is 3.23. The second-order valence-corrected chi connectivity index (χ2v) is 7.37. The lowest BCUT2D eigenvalue weighted by Gasteiger charge is -2.25. The summed E-state index contributed by atoms with van der Waals surface area (Å²) in [6.45, 7) is 1.95. The van der Waals surface area contributed by atoms with Gasteiger partial charge in [-0.2, -0.15) is 0 Å². The molecule has 2 saturated carbocycles. The molecular formula is C20H22O5. The fourth-order valence-corrected chi connectivity index (χ4v) is 4.84. The fraction of sp³-hybridized carbons (Fsp3) is 0.550. The molecule has 0 aromatic heterocycles. The van der Waals surface area contributed by atoms with E-state index >= 15 is 0 Å². The number of esters is 2. The molecule has 0 radical (unpaired) electrons. The summed E-state index contributed by atoms with van der Waals surface area (Å²) in [7, 11) is 0. The van der Waals surface area contributed by atoms with Crippen molar-refractivity contribution in [2.75, 3.05) is 0 Å². The van der Waals surface area contributed by atoms with Crippen LogP contribution in [0, 0.1) is 23.7 Å². The first-order valence-corrected chi connectivity index (χ1v) is 9.10. The molecule has 1 heterocycles. The molecule has 1 aromatic carbocycles. The van der Waals surface area contributed by atoms with E-state index in [1.807, 2.05) is 13.0 Å². The van der Waals surface area contributed by atoms with Gasteiger partial charge in [-0.1, -0.05) is 43.7 Å². The van der Waals surface area contributed by atoms with Gasteiger partial charge >= 0.3 is 11.9 Å². The van der Waals surface area contributed by atoms with Gasteiger partial charge in [-0.3, -0.25) is 14.4 Å². The molecule has 3 fully saturated rings. The van der Waals surface area contributed by atoms with E-state index in [9.17, 15) is 14.4 Å². The van der Waals surface area contributed by atoms with E-state index < -0.39 is 18.0 Å². The van der Waals surface area contributed by atoms with Crippen LogP contribution in [-0.2, 0) is 19.1 Å². The van der Waals surface area contributed by atoms with Crippen LogP contribution in [0.1, 0.15) is 43.0 Å². The average molecular weight is 342 g/mol. The van der Waals surface area contributed by atoms with Crippen LogP contribution in [-0.4, -0.2) is 29.9 Å². The Kier molecular flexibility index (Phi) is 4.10. The molecule has 2 bridgehead atoms. The van der Waals surface area contributed by atoms with Crippen molar-refractivity contribution in [1.29, 1.82) is 0 Å². The summed E-state index contributed by atoms with van der Waals surface area (Å²) in [4.78, 5) is 37.6. The van der Waals surface area contributed by atoms with Gasteiger partial charge in [0.25, 0.3) is 0 Å². The molecule has 4 rings (SSSR count). The zero-order chi connectivity index (χ0) is 17.6. The molecule has 0 unspecified atom stereocenters. The smallest absolute Gasteiger partial charge is 0.310 e. The molecule has 1 aliphatic heterocycles. The quantitative estimate of drug-likeness (QED) is 0.587. The van der Waals surface area contributed by atoms with Gasteiger partial charge < -0.3 is 9.47 Å². The van der Waals surface area contributed by atoms with E-state index in [-0.39, 0.29) is 35.6 Å². The normalized spacial score (nSPS) is 33.2. The van der Waals surface area contributed by atoms with Crippen molar-refractivity contribution in [3.05, 3.63) is 35.9 Å². The molecular weight excluding hydrogens is 320 g/mol. The molecule has 5 nitrogen and oxygen atoms in total. The minimum atomic E-state index is -0.785. The summed E-state index contributed by atoms with van der Waals surface area (Å²) in [6.07, 6.45) is 2.03. The molecule has 25 heavy (non-hydrogen) atoms. The van der Waals surface area contributed by atoms with Gasteiger partial charge in [0, 0.05) is 11.5 Å². The Morgan fingerprint density at radius 2 is 2.00 bits per heavy atom. The number of ketones is 1. The number of hydrogen-bond donors (Lipinski definition) is 0. The summed E-state index contributed by atoms with van der Waals surface area (Å²) in [5.74, 6) is -1.36. The highest BCUT2D eigenvalue weighted by molar-refractivity contribution is 6.00. The van der Waals surface area contributed by atoms with Gasteiger partial charge in [-0.25, -0.2) is 0 Å². The topological polar surface area (TPSA) is 69.7 Å². The number of fused-ring (bicyclic) bond motifs is 1. The largest absolute Gasteiger partial charge is 0.462 e. The Hall–Kier alpha value is -2.17. The van der Waals surface area contributed by atoms with Gasteiger partial charge in [0.05, 0.1) is 11.8 Å². The van der Waals surface area contributed by atoms with Crippen LogP contribution in [0.15, 0.2) is 30.3 Å². The summed E-state index contributed by atoms with van der Waals surface area (Å²) >= 11 is 0. The Labute approximate surface area is 146 Å². The first kappa shape index (κ1) is 16.3. The van der Waals surface area contributed by atoms with Gasteiger partial charge in [-0.15, -0.1) is 0 Å². The van der Waals surface area contributed by atoms with Crippen molar-refractivity contribution in [3.63, 3.8) is 0 Å². The standard InChI is InChI=1S/C20H22O5/c1-2-6-14(18(21)11-7-4-3-5-8-11)24-19(22)16-12-9-13-15(10-12)25-20(23)17(13)16/h3-5,7-8,12-17H,2,6,9-10H2,1H3/t12-,13+,14+,15+,16-,17-/m1/s1. The van der Waals surface area contributed by atoms with Crippen LogP contribution in [0.4, 0.5) is 0 Å². The van der Waals surface area contributed by atoms with Crippen LogP contribution in [0.25, 0.3) is 0 Å². The van der Waals surface area contributed by atoms with E-state index in [1.54, 1.807) is 24.3 Å². The summed E-state index contributed by atoms with van der Waals surface area (Å²) < 4.78 is 11.0. The molecule has 0 amide bonds. The maximum absolute atomic E-state index is 12.8. The third kappa shape index (κ3) is 2.66. The van der Waals surface area contributed by atoms with Crippen molar-refractivity contribution in [3.8, 4) is 0 Å². The second-order valence-electron chi connectivity index (χ2n) is 7.37. The van der Waals surface area contributed by atoms with Gasteiger partial charge in [0.2, 0.25) is 5.78 Å². The Balaban J connectivity index is 1.50.